The van der Waals surface area contributed by atoms with Crippen LogP contribution in [0.4, 0.5) is 8.78 Å². The highest BCUT2D eigenvalue weighted by Crippen LogP contribution is 2.20. The van der Waals surface area contributed by atoms with Gasteiger partial charge in [-0.2, -0.15) is 4.98 Å². The molecule has 1 saturated heterocycles. The number of likely N-dealkylation sites (tertiary alicyclic amines) is 1. The van der Waals surface area contributed by atoms with Crippen molar-refractivity contribution >= 4 is 5.91 Å². The molecule has 168 valence electrons. The van der Waals surface area contributed by atoms with Gasteiger partial charge in [0.15, 0.2) is 0 Å². The second-order valence-corrected chi connectivity index (χ2v) is 8.11. The molecular formula is C24H26F2N4O2. The first-order valence-electron chi connectivity index (χ1n) is 10.9. The van der Waals surface area contributed by atoms with Crippen LogP contribution in [0.25, 0.3) is 11.4 Å². The Morgan fingerprint density at radius 1 is 1.09 bits per heavy atom. The van der Waals surface area contributed by atoms with E-state index < -0.39 is 0 Å². The Morgan fingerprint density at radius 2 is 1.81 bits per heavy atom. The van der Waals surface area contributed by atoms with Crippen LogP contribution in [0, 0.1) is 17.6 Å². The molecule has 1 amide bonds. The minimum absolute atomic E-state index is 0.0614. The summed E-state index contributed by atoms with van der Waals surface area (Å²) >= 11 is 0. The van der Waals surface area contributed by atoms with E-state index >= 15 is 0 Å². The molecule has 4 rings (SSSR count). The summed E-state index contributed by atoms with van der Waals surface area (Å²) in [4.78, 5) is 19.1. The number of halogens is 2. The quantitative estimate of drug-likeness (QED) is 0.537. The Kier molecular flexibility index (Phi) is 7.21. The van der Waals surface area contributed by atoms with Gasteiger partial charge in [-0.25, -0.2) is 8.78 Å². The predicted octanol–water partition coefficient (Wildman–Crippen LogP) is 3.98. The van der Waals surface area contributed by atoms with E-state index in [2.05, 4.69) is 20.4 Å². The van der Waals surface area contributed by atoms with Crippen molar-refractivity contribution in [2.75, 3.05) is 19.6 Å². The number of hydrogen-bond donors (Lipinski definition) is 1. The van der Waals surface area contributed by atoms with E-state index in [0.717, 1.165) is 37.8 Å². The maximum Gasteiger partial charge on any atom is 0.241 e. The van der Waals surface area contributed by atoms with Gasteiger partial charge in [-0.15, -0.1) is 0 Å². The summed E-state index contributed by atoms with van der Waals surface area (Å²) < 4.78 is 31.4. The normalized spacial score (nSPS) is 16.8. The van der Waals surface area contributed by atoms with Crippen molar-refractivity contribution in [2.24, 2.45) is 5.92 Å². The highest BCUT2D eigenvalue weighted by molar-refractivity contribution is 5.78. The predicted molar refractivity (Wildman–Crippen MR) is 115 cm³/mol. The molecule has 0 aliphatic carbocycles. The van der Waals surface area contributed by atoms with Crippen LogP contribution in [0.1, 0.15) is 30.7 Å². The molecule has 1 N–H and O–H groups in total. The van der Waals surface area contributed by atoms with Crippen molar-refractivity contribution in [2.45, 2.75) is 32.2 Å². The van der Waals surface area contributed by atoms with Crippen molar-refractivity contribution in [3.05, 3.63) is 71.6 Å². The van der Waals surface area contributed by atoms with Gasteiger partial charge < -0.3 is 9.84 Å². The first-order chi connectivity index (χ1) is 15.6. The van der Waals surface area contributed by atoms with Gasteiger partial charge in [0, 0.05) is 18.7 Å². The molecule has 0 radical (unpaired) electrons. The van der Waals surface area contributed by atoms with E-state index in [1.54, 1.807) is 24.3 Å². The Bertz CT molecular complexity index is 1020. The van der Waals surface area contributed by atoms with Gasteiger partial charge in [0.25, 0.3) is 0 Å². The molecule has 1 atom stereocenters. The van der Waals surface area contributed by atoms with Gasteiger partial charge in [-0.1, -0.05) is 17.3 Å². The van der Waals surface area contributed by atoms with Crippen molar-refractivity contribution < 1.29 is 18.1 Å². The van der Waals surface area contributed by atoms with Crippen LogP contribution in [-0.2, 0) is 17.8 Å². The number of hydrogen-bond acceptors (Lipinski definition) is 5. The highest BCUT2D eigenvalue weighted by atomic mass is 19.1. The average Bonchev–Trinajstić information content (AvgIpc) is 3.27. The number of aromatic nitrogens is 2. The summed E-state index contributed by atoms with van der Waals surface area (Å²) in [5.74, 6) is 0.333. The number of benzene rings is 2. The maximum atomic E-state index is 13.1. The summed E-state index contributed by atoms with van der Waals surface area (Å²) in [6.07, 6.45) is 3.38. The molecule has 3 aromatic rings. The molecule has 1 unspecified atom stereocenters. The fraction of sp³-hybridized carbons (Fsp3) is 0.375. The Balaban J connectivity index is 1.23. The van der Waals surface area contributed by atoms with Crippen molar-refractivity contribution in [3.63, 3.8) is 0 Å². The van der Waals surface area contributed by atoms with E-state index in [1.165, 1.54) is 24.3 Å². The topological polar surface area (TPSA) is 71.3 Å². The molecule has 8 heteroatoms. The van der Waals surface area contributed by atoms with Gasteiger partial charge >= 0.3 is 0 Å². The third kappa shape index (κ3) is 5.97. The van der Waals surface area contributed by atoms with Gasteiger partial charge in [0.1, 0.15) is 11.6 Å². The zero-order valence-corrected chi connectivity index (χ0v) is 17.8. The first-order valence-corrected chi connectivity index (χ1v) is 10.9. The number of amides is 1. The van der Waals surface area contributed by atoms with E-state index in [4.69, 9.17) is 4.52 Å². The minimum Gasteiger partial charge on any atom is -0.356 e. The van der Waals surface area contributed by atoms with Crippen LogP contribution >= 0.6 is 0 Å². The van der Waals surface area contributed by atoms with Crippen LogP contribution in [0.5, 0.6) is 0 Å². The lowest BCUT2D eigenvalue weighted by molar-refractivity contribution is -0.126. The standard InChI is InChI=1S/C24H26F2N4O2/c25-20-9-5-17(6-10-20)3-1-13-27-24(31)19-4-2-14-30(15-19)16-22-28-23(29-32-22)18-7-11-21(26)12-8-18/h5-12,19H,1-4,13-16H2,(H,27,31). The molecule has 2 aromatic carbocycles. The van der Waals surface area contributed by atoms with E-state index in [9.17, 15) is 13.6 Å². The molecule has 1 aromatic heterocycles. The lowest BCUT2D eigenvalue weighted by atomic mass is 9.97. The van der Waals surface area contributed by atoms with Crippen LogP contribution in [0.2, 0.25) is 0 Å². The molecule has 6 nitrogen and oxygen atoms in total. The van der Waals surface area contributed by atoms with Crippen molar-refractivity contribution in [1.82, 2.24) is 20.4 Å². The number of carbonyl (C=O) groups excluding carboxylic acids is 1. The second kappa shape index (κ2) is 10.5. The number of piperidine rings is 1. The molecule has 32 heavy (non-hydrogen) atoms. The fourth-order valence-corrected chi connectivity index (χ4v) is 3.94. The fourth-order valence-electron chi connectivity index (χ4n) is 3.94. The minimum atomic E-state index is -0.314. The zero-order chi connectivity index (χ0) is 22.3. The summed E-state index contributed by atoms with van der Waals surface area (Å²) in [6, 6.07) is 12.4. The van der Waals surface area contributed by atoms with Crippen LogP contribution < -0.4 is 5.32 Å². The second-order valence-electron chi connectivity index (χ2n) is 8.11. The van der Waals surface area contributed by atoms with E-state index in [1.807, 2.05) is 0 Å². The van der Waals surface area contributed by atoms with E-state index in [-0.39, 0.29) is 23.5 Å². The molecule has 1 aliphatic heterocycles. The number of aryl methyl sites for hydroxylation is 1. The smallest absolute Gasteiger partial charge is 0.241 e. The van der Waals surface area contributed by atoms with Gasteiger partial charge in [0.05, 0.1) is 12.5 Å². The molecular weight excluding hydrogens is 414 g/mol. The SMILES string of the molecule is O=C(NCCCc1ccc(F)cc1)C1CCCN(Cc2nc(-c3ccc(F)cc3)no2)C1. The van der Waals surface area contributed by atoms with Crippen molar-refractivity contribution in [1.29, 1.82) is 0 Å². The number of rotatable bonds is 8. The highest BCUT2D eigenvalue weighted by Gasteiger charge is 2.26. The largest absolute Gasteiger partial charge is 0.356 e. The molecule has 2 heterocycles. The maximum absolute atomic E-state index is 13.1. The third-order valence-corrected chi connectivity index (χ3v) is 5.66. The molecule has 1 aliphatic rings. The zero-order valence-electron chi connectivity index (χ0n) is 17.8. The number of nitrogens with zero attached hydrogens (tertiary/aromatic N) is 3. The van der Waals surface area contributed by atoms with Crippen LogP contribution in [-0.4, -0.2) is 40.6 Å². The van der Waals surface area contributed by atoms with Gasteiger partial charge in [-0.05, 0) is 74.2 Å². The summed E-state index contributed by atoms with van der Waals surface area (Å²) in [7, 11) is 0. The Hall–Kier alpha value is -3.13. The molecule has 0 saturated carbocycles. The lowest BCUT2D eigenvalue weighted by Gasteiger charge is -2.30. The number of nitrogens with one attached hydrogen (secondary N) is 1. The third-order valence-electron chi connectivity index (χ3n) is 5.66. The molecule has 1 fully saturated rings. The van der Waals surface area contributed by atoms with Gasteiger partial charge in [0.2, 0.25) is 17.6 Å². The Morgan fingerprint density at radius 3 is 2.56 bits per heavy atom. The van der Waals surface area contributed by atoms with Crippen LogP contribution in [0.3, 0.4) is 0 Å². The summed E-state index contributed by atoms with van der Waals surface area (Å²) in [6.45, 7) is 2.57. The van der Waals surface area contributed by atoms with E-state index in [0.29, 0.717) is 36.9 Å². The number of carbonyl (C=O) groups is 1. The monoisotopic (exact) mass is 440 g/mol. The van der Waals surface area contributed by atoms with Crippen molar-refractivity contribution in [3.8, 4) is 11.4 Å². The Labute approximate surface area is 185 Å². The average molecular weight is 440 g/mol. The van der Waals surface area contributed by atoms with Gasteiger partial charge in [-0.3, -0.25) is 9.69 Å². The molecule has 0 spiro atoms. The van der Waals surface area contributed by atoms with Crippen LogP contribution in [0.15, 0.2) is 53.1 Å². The first kappa shape index (κ1) is 22.1. The molecule has 0 bridgehead atoms. The summed E-state index contributed by atoms with van der Waals surface area (Å²) in [5.41, 5.74) is 1.75. The summed E-state index contributed by atoms with van der Waals surface area (Å²) in [5, 5.41) is 7.01. The lowest BCUT2D eigenvalue weighted by Crippen LogP contribution is -2.43.